The van der Waals surface area contributed by atoms with Crippen molar-refractivity contribution in [3.63, 3.8) is 0 Å². The summed E-state index contributed by atoms with van der Waals surface area (Å²) in [4.78, 5) is 18.8. The summed E-state index contributed by atoms with van der Waals surface area (Å²) < 4.78 is 7.68. The molecule has 20 heavy (non-hydrogen) atoms. The zero-order valence-corrected chi connectivity index (χ0v) is 12.4. The Hall–Kier alpha value is -2.42. The Labute approximate surface area is 119 Å². The molecule has 0 fully saturated rings. The first kappa shape index (κ1) is 22.7. The summed E-state index contributed by atoms with van der Waals surface area (Å²) in [5.41, 5.74) is 0. The number of hydrogen-bond donors (Lipinski definition) is 0. The molecule has 0 aliphatic rings. The van der Waals surface area contributed by atoms with Gasteiger partial charge in [-0.15, -0.1) is 9.34 Å². The molecular formula is C14H22N2O4. The summed E-state index contributed by atoms with van der Waals surface area (Å²) >= 11 is 0. The van der Waals surface area contributed by atoms with E-state index in [9.17, 15) is 19.8 Å². The third-order valence-electron chi connectivity index (χ3n) is 1.23. The molecule has 0 aliphatic carbocycles. The largest absolute Gasteiger partial charge is 0.545 e. The monoisotopic (exact) mass is 282 g/mol. The Balaban J connectivity index is -0.000000221. The Kier molecular flexibility index (Phi) is 24.8. The van der Waals surface area contributed by atoms with E-state index in [4.69, 9.17) is 0 Å². The average Bonchev–Trinajstić information content (AvgIpc) is 2.42. The third-order valence-corrected chi connectivity index (χ3v) is 1.23. The quantitative estimate of drug-likeness (QED) is 0.347. The molecule has 0 spiro atoms. The minimum atomic E-state index is -1.55. The van der Waals surface area contributed by atoms with E-state index in [1.165, 1.54) is 0 Å². The number of nitrogens with zero attached hydrogens (tertiary/aromatic N) is 2. The Morgan fingerprint density at radius 1 is 0.850 bits per heavy atom. The van der Waals surface area contributed by atoms with Gasteiger partial charge in [0.05, 0.1) is 11.9 Å². The molecule has 6 heteroatoms. The predicted molar refractivity (Wildman–Crippen MR) is 79.6 cm³/mol. The highest BCUT2D eigenvalue weighted by Gasteiger charge is 1.71. The summed E-state index contributed by atoms with van der Waals surface area (Å²) in [5, 5.41) is 18.8. The SMILES string of the molecule is CC=[N+]=CCC.CC=[N+]=CCC.O=C([O-])/C=C\C(=O)[O-]. The van der Waals surface area contributed by atoms with E-state index in [1.807, 2.05) is 26.3 Å². The van der Waals surface area contributed by atoms with Gasteiger partial charge in [-0.05, 0) is 12.2 Å². The van der Waals surface area contributed by atoms with Gasteiger partial charge in [0, 0.05) is 26.7 Å². The summed E-state index contributed by atoms with van der Waals surface area (Å²) in [6.07, 6.45) is 10.1. The molecule has 0 heterocycles. The smallest absolute Gasteiger partial charge is 0.268 e. The van der Waals surface area contributed by atoms with Crippen LogP contribution in [0.15, 0.2) is 12.2 Å². The molecule has 112 valence electrons. The molecule has 0 aromatic rings. The van der Waals surface area contributed by atoms with Crippen LogP contribution in [0.2, 0.25) is 0 Å². The van der Waals surface area contributed by atoms with Crippen LogP contribution in [0, 0.1) is 0 Å². The zero-order chi connectivity index (χ0) is 16.2. The van der Waals surface area contributed by atoms with Crippen molar-refractivity contribution in [3.8, 4) is 0 Å². The van der Waals surface area contributed by atoms with Crippen molar-refractivity contribution < 1.29 is 19.8 Å². The Morgan fingerprint density at radius 3 is 1.25 bits per heavy atom. The van der Waals surface area contributed by atoms with Crippen molar-refractivity contribution in [2.75, 3.05) is 0 Å². The maximum absolute atomic E-state index is 9.41. The lowest BCUT2D eigenvalue weighted by molar-refractivity contribution is -0.301. The lowest BCUT2D eigenvalue weighted by Crippen LogP contribution is -2.23. The number of carbonyl (C=O) groups excluding carboxylic acids is 2. The van der Waals surface area contributed by atoms with Gasteiger partial charge in [-0.1, -0.05) is 13.8 Å². The van der Waals surface area contributed by atoms with Gasteiger partial charge >= 0.3 is 0 Å². The van der Waals surface area contributed by atoms with Crippen LogP contribution < -0.4 is 19.5 Å². The molecule has 0 aromatic carbocycles. The Bertz CT molecular complexity index is 361. The van der Waals surface area contributed by atoms with Gasteiger partial charge in [-0.3, -0.25) is 0 Å². The van der Waals surface area contributed by atoms with Crippen molar-refractivity contribution in [2.24, 2.45) is 0 Å². The second-order valence-corrected chi connectivity index (χ2v) is 2.97. The van der Waals surface area contributed by atoms with Crippen LogP contribution in [0.5, 0.6) is 0 Å². The van der Waals surface area contributed by atoms with Crippen molar-refractivity contribution >= 4 is 36.8 Å². The topological polar surface area (TPSA) is 108 Å². The molecule has 0 radical (unpaired) electrons. The van der Waals surface area contributed by atoms with E-state index in [2.05, 4.69) is 23.2 Å². The number of aliphatic carboxylic acids is 2. The molecule has 0 aromatic heterocycles. The van der Waals surface area contributed by atoms with Crippen LogP contribution >= 0.6 is 0 Å². The van der Waals surface area contributed by atoms with Gasteiger partial charge in [0.15, 0.2) is 0 Å². The highest BCUT2D eigenvalue weighted by Crippen LogP contribution is 1.64. The van der Waals surface area contributed by atoms with Gasteiger partial charge in [0.2, 0.25) is 0 Å². The van der Waals surface area contributed by atoms with Gasteiger partial charge in [-0.2, -0.15) is 0 Å². The van der Waals surface area contributed by atoms with Gasteiger partial charge < -0.3 is 19.8 Å². The van der Waals surface area contributed by atoms with Crippen LogP contribution in [0.1, 0.15) is 40.5 Å². The second kappa shape index (κ2) is 21.8. The van der Waals surface area contributed by atoms with Crippen molar-refractivity contribution in [1.29, 1.82) is 0 Å². The van der Waals surface area contributed by atoms with Crippen LogP contribution in [0.4, 0.5) is 0 Å². The minimum Gasteiger partial charge on any atom is -0.545 e. The van der Waals surface area contributed by atoms with Gasteiger partial charge in [0.25, 0.3) is 24.9 Å². The molecule has 0 saturated carbocycles. The summed E-state index contributed by atoms with van der Waals surface area (Å²) in [5.74, 6) is -3.09. The van der Waals surface area contributed by atoms with E-state index in [-0.39, 0.29) is 0 Å². The van der Waals surface area contributed by atoms with E-state index < -0.39 is 11.9 Å². The summed E-state index contributed by atoms with van der Waals surface area (Å²) in [7, 11) is 0. The van der Waals surface area contributed by atoms with Crippen molar-refractivity contribution in [1.82, 2.24) is 9.34 Å². The molecule has 0 atom stereocenters. The first-order chi connectivity index (χ1) is 9.45. The molecule has 0 unspecified atom stereocenters. The molecule has 0 bridgehead atoms. The van der Waals surface area contributed by atoms with Crippen molar-refractivity contribution in [2.45, 2.75) is 40.5 Å². The van der Waals surface area contributed by atoms with Gasteiger partial charge in [-0.25, -0.2) is 0 Å². The number of hydrogen-bond acceptors (Lipinski definition) is 4. The highest BCUT2D eigenvalue weighted by atomic mass is 16.4. The lowest BCUT2D eigenvalue weighted by atomic mass is 10.5. The number of carbonyl (C=O) groups is 2. The molecule has 0 saturated heterocycles. The van der Waals surface area contributed by atoms with E-state index in [0.717, 1.165) is 12.8 Å². The fourth-order valence-electron chi connectivity index (χ4n) is 0.558. The van der Waals surface area contributed by atoms with Crippen LogP contribution in [-0.4, -0.2) is 36.8 Å². The van der Waals surface area contributed by atoms with Crippen LogP contribution in [0.3, 0.4) is 0 Å². The molecule has 0 aliphatic heterocycles. The van der Waals surface area contributed by atoms with Gasteiger partial charge in [0.1, 0.15) is 0 Å². The second-order valence-electron chi connectivity index (χ2n) is 2.97. The number of rotatable bonds is 4. The average molecular weight is 282 g/mol. The zero-order valence-electron chi connectivity index (χ0n) is 12.4. The number of carboxylic acids is 2. The fourth-order valence-corrected chi connectivity index (χ4v) is 0.558. The molecule has 6 nitrogen and oxygen atoms in total. The lowest BCUT2D eigenvalue weighted by Gasteiger charge is -1.90. The fraction of sp³-hybridized carbons (Fsp3) is 0.429. The molecule has 0 rings (SSSR count). The van der Waals surface area contributed by atoms with Crippen molar-refractivity contribution in [3.05, 3.63) is 12.2 Å². The molecular weight excluding hydrogens is 260 g/mol. The normalized spacial score (nSPS) is 7.60. The van der Waals surface area contributed by atoms with E-state index >= 15 is 0 Å². The third kappa shape index (κ3) is 45.0. The van der Waals surface area contributed by atoms with Crippen LogP contribution in [-0.2, 0) is 9.59 Å². The standard InChI is InChI=1S/2C5H10N.C4H4O4/c2*1-3-5-6-4-2;5-3(6)1-2-4(7)8/h2*4-5H,3H2,1-2H3;1-2H,(H,5,6)(H,7,8)/q2*+1;/p-2/b;;2-1-. The summed E-state index contributed by atoms with van der Waals surface area (Å²) in [6, 6.07) is 0. The van der Waals surface area contributed by atoms with E-state index in [1.54, 1.807) is 12.4 Å². The maximum Gasteiger partial charge on any atom is 0.268 e. The predicted octanol–water partition coefficient (Wildman–Crippen LogP) is -1.71. The molecule has 0 amide bonds. The first-order valence-corrected chi connectivity index (χ1v) is 6.15. The van der Waals surface area contributed by atoms with Crippen LogP contribution in [0.25, 0.3) is 0 Å². The Morgan fingerprint density at radius 2 is 1.15 bits per heavy atom. The first-order valence-electron chi connectivity index (χ1n) is 6.15. The highest BCUT2D eigenvalue weighted by molar-refractivity contribution is 5.87. The number of carboxylic acid groups (broad SMARTS) is 2. The van der Waals surface area contributed by atoms with E-state index in [0.29, 0.717) is 12.2 Å². The minimum absolute atomic E-state index is 0.384. The summed E-state index contributed by atoms with van der Waals surface area (Å²) in [6.45, 7) is 7.94. The maximum atomic E-state index is 9.41. The molecule has 0 N–H and O–H groups in total.